The molecule has 4 rings (SSSR count). The summed E-state index contributed by atoms with van der Waals surface area (Å²) in [4.78, 5) is 121. The van der Waals surface area contributed by atoms with Gasteiger partial charge in [-0.05, 0) is 80.4 Å². The molecule has 1 aliphatic heterocycles. The van der Waals surface area contributed by atoms with Crippen molar-refractivity contribution < 1.29 is 57.3 Å². The van der Waals surface area contributed by atoms with Crippen LogP contribution in [-0.4, -0.2) is 148 Å². The van der Waals surface area contributed by atoms with Gasteiger partial charge in [-0.1, -0.05) is 110 Å². The molecule has 1 unspecified atom stereocenters. The van der Waals surface area contributed by atoms with E-state index in [2.05, 4.69) is 5.10 Å². The number of benzene rings is 2. The summed E-state index contributed by atoms with van der Waals surface area (Å²) in [6.07, 6.45) is -2.34. The lowest BCUT2D eigenvalue weighted by Crippen LogP contribution is -2.54. The SMILES string of the molecule is CC(C)C[C@H]1C(=O)O[C@H](C)C(=O)N(C)[C@@H](CC(C)C)C(=O)O[C@H](Cc2ccccc2)C(=O)N(C)[C@@H](CC(C)C)C(=O)O[C@H](C)C(=O)N(C)[C@@H](CC(C)C)C(=O)OC(c2ccc(Cn3cccn3)cc2)C(=O)N1C. The molecule has 8 atom stereocenters. The number of hydrogen-bond donors (Lipinski definition) is 0. The van der Waals surface area contributed by atoms with Crippen molar-refractivity contribution in [3.05, 3.63) is 89.7 Å². The predicted octanol–water partition coefficient (Wildman–Crippen LogP) is 6.04. The Morgan fingerprint density at radius 1 is 0.466 bits per heavy atom. The summed E-state index contributed by atoms with van der Waals surface area (Å²) in [6, 6.07) is 12.3. The fourth-order valence-corrected chi connectivity index (χ4v) is 8.70. The van der Waals surface area contributed by atoms with E-state index in [1.54, 1.807) is 77.7 Å². The summed E-state index contributed by atoms with van der Waals surface area (Å²) in [6.45, 7) is 17.9. The topological polar surface area (TPSA) is 204 Å². The van der Waals surface area contributed by atoms with E-state index in [0.717, 1.165) is 25.2 Å². The number of amides is 4. The van der Waals surface area contributed by atoms with Crippen molar-refractivity contribution in [2.24, 2.45) is 23.7 Å². The molecule has 0 bridgehead atoms. The zero-order chi connectivity index (χ0) is 54.4. The summed E-state index contributed by atoms with van der Waals surface area (Å²) in [5.74, 6) is -7.40. The van der Waals surface area contributed by atoms with Gasteiger partial charge < -0.3 is 38.5 Å². The van der Waals surface area contributed by atoms with Crippen molar-refractivity contribution in [2.45, 2.75) is 156 Å². The minimum atomic E-state index is -1.64. The van der Waals surface area contributed by atoms with E-state index < -0.39 is 96.1 Å². The first-order valence-electron chi connectivity index (χ1n) is 25.3. The van der Waals surface area contributed by atoms with Crippen LogP contribution in [0.25, 0.3) is 0 Å². The van der Waals surface area contributed by atoms with E-state index in [4.69, 9.17) is 18.9 Å². The molecule has 2 aromatic carbocycles. The highest BCUT2D eigenvalue weighted by Gasteiger charge is 2.43. The van der Waals surface area contributed by atoms with Crippen LogP contribution in [0.3, 0.4) is 0 Å². The Morgan fingerprint density at radius 2 is 0.863 bits per heavy atom. The summed E-state index contributed by atoms with van der Waals surface area (Å²) < 4.78 is 25.7. The average molecular weight is 1020 g/mol. The molecule has 2 heterocycles. The monoisotopic (exact) mass is 1010 g/mol. The average Bonchev–Trinajstić information content (AvgIpc) is 3.86. The van der Waals surface area contributed by atoms with Crippen LogP contribution in [0.4, 0.5) is 0 Å². The molecular formula is C55H78N6O12. The highest BCUT2D eigenvalue weighted by molar-refractivity contribution is 5.94. The molecule has 18 nitrogen and oxygen atoms in total. The standard InChI is InChI=1S/C55H78N6O12/c1-33(2)27-42-52(66)70-38(10)49(63)58(12)45(30-36(7)8)55(69)73-47(41-23-21-40(22-24-41)32-61-26-18-25-56-61)51(65)60(14)43(28-34(3)4)53(67)71-37(9)48(62)57(11)44(29-35(5)6)54(68)72-46(50(64)59(42)13)31-39-19-16-15-17-20-39/h15-26,33-38,42-47H,27-32H2,1-14H3/t37-,38-,42+,43+,44+,45+,46-,47?/m1/s1. The lowest BCUT2D eigenvalue weighted by atomic mass is 9.99. The number of cyclic esters (lactones) is 4. The third-order valence-electron chi connectivity index (χ3n) is 12.9. The van der Waals surface area contributed by atoms with Crippen molar-refractivity contribution in [1.29, 1.82) is 0 Å². The van der Waals surface area contributed by atoms with Gasteiger partial charge in [0.2, 0.25) is 6.10 Å². The zero-order valence-electron chi connectivity index (χ0n) is 45.2. The molecule has 1 aromatic heterocycles. The second-order valence-electron chi connectivity index (χ2n) is 20.9. The first-order valence-corrected chi connectivity index (χ1v) is 25.3. The summed E-state index contributed by atoms with van der Waals surface area (Å²) in [5.41, 5.74) is 1.73. The Bertz CT molecular complexity index is 2320. The van der Waals surface area contributed by atoms with Gasteiger partial charge in [0.05, 0.1) is 6.54 Å². The van der Waals surface area contributed by atoms with Gasteiger partial charge in [-0.15, -0.1) is 0 Å². The van der Waals surface area contributed by atoms with Crippen LogP contribution in [0.15, 0.2) is 73.1 Å². The fourth-order valence-electron chi connectivity index (χ4n) is 8.70. The third kappa shape index (κ3) is 16.5. The van der Waals surface area contributed by atoms with Gasteiger partial charge in [-0.3, -0.25) is 23.9 Å². The fraction of sp³-hybridized carbons (Fsp3) is 0.582. The van der Waals surface area contributed by atoms with E-state index in [1.165, 1.54) is 42.0 Å². The first-order chi connectivity index (χ1) is 34.3. The number of esters is 4. The van der Waals surface area contributed by atoms with Gasteiger partial charge in [-0.2, -0.15) is 5.10 Å². The van der Waals surface area contributed by atoms with Crippen LogP contribution in [0.1, 0.15) is 118 Å². The maximum atomic E-state index is 15.0. The number of nitrogens with zero attached hydrogens (tertiary/aromatic N) is 6. The largest absolute Gasteiger partial charge is 0.451 e. The molecule has 18 heteroatoms. The maximum absolute atomic E-state index is 15.0. The lowest BCUT2D eigenvalue weighted by molar-refractivity contribution is -0.176. The van der Waals surface area contributed by atoms with Crippen molar-refractivity contribution in [3.8, 4) is 0 Å². The highest BCUT2D eigenvalue weighted by atomic mass is 16.6. The van der Waals surface area contributed by atoms with Crippen LogP contribution in [0.5, 0.6) is 0 Å². The molecule has 4 amide bonds. The van der Waals surface area contributed by atoms with Gasteiger partial charge >= 0.3 is 23.9 Å². The van der Waals surface area contributed by atoms with Crippen molar-refractivity contribution in [3.63, 3.8) is 0 Å². The van der Waals surface area contributed by atoms with Crippen LogP contribution in [0.2, 0.25) is 0 Å². The summed E-state index contributed by atoms with van der Waals surface area (Å²) >= 11 is 0. The number of rotatable bonds is 13. The molecule has 3 aromatic rings. The van der Waals surface area contributed by atoms with E-state index in [0.29, 0.717) is 12.1 Å². The minimum Gasteiger partial charge on any atom is -0.451 e. The van der Waals surface area contributed by atoms with E-state index in [-0.39, 0.29) is 61.3 Å². The normalized spacial score (nSPS) is 24.3. The molecule has 1 saturated heterocycles. The number of hydrogen-bond acceptors (Lipinski definition) is 13. The molecule has 1 fully saturated rings. The van der Waals surface area contributed by atoms with E-state index >= 15 is 0 Å². The minimum absolute atomic E-state index is 0.0801. The molecule has 0 saturated carbocycles. The Labute approximate surface area is 431 Å². The second-order valence-corrected chi connectivity index (χ2v) is 20.9. The van der Waals surface area contributed by atoms with E-state index in [1.807, 2.05) is 55.4 Å². The predicted molar refractivity (Wildman–Crippen MR) is 272 cm³/mol. The van der Waals surface area contributed by atoms with Gasteiger partial charge in [0.1, 0.15) is 24.2 Å². The zero-order valence-corrected chi connectivity index (χ0v) is 45.2. The molecule has 1 aliphatic rings. The van der Waals surface area contributed by atoms with Crippen LogP contribution in [-0.2, 0) is 70.3 Å². The molecule has 0 N–H and O–H groups in total. The summed E-state index contributed by atoms with van der Waals surface area (Å²) in [5, 5.41) is 4.26. The number of carbonyl (C=O) groups excluding carboxylic acids is 8. The van der Waals surface area contributed by atoms with Gasteiger partial charge in [0.25, 0.3) is 23.6 Å². The van der Waals surface area contributed by atoms with Crippen LogP contribution < -0.4 is 0 Å². The van der Waals surface area contributed by atoms with Crippen molar-refractivity contribution in [1.82, 2.24) is 29.4 Å². The Kier molecular flexibility index (Phi) is 21.7. The molecule has 400 valence electrons. The number of ether oxygens (including phenoxy) is 4. The smallest absolute Gasteiger partial charge is 0.329 e. The van der Waals surface area contributed by atoms with Gasteiger partial charge in [0.15, 0.2) is 18.3 Å². The quantitative estimate of drug-likeness (QED) is 0.142. The Balaban J connectivity index is 1.88. The number of likely N-dealkylation sites (N-methyl/N-ethyl adjacent to an activating group) is 4. The molecule has 73 heavy (non-hydrogen) atoms. The van der Waals surface area contributed by atoms with Crippen LogP contribution >= 0.6 is 0 Å². The number of carbonyl (C=O) groups is 8. The number of aromatic nitrogens is 2. The van der Waals surface area contributed by atoms with Crippen molar-refractivity contribution >= 4 is 47.5 Å². The summed E-state index contributed by atoms with van der Waals surface area (Å²) in [7, 11) is 5.54. The molecule has 0 radical (unpaired) electrons. The van der Waals surface area contributed by atoms with Crippen molar-refractivity contribution in [2.75, 3.05) is 28.2 Å². The molecule has 0 spiro atoms. The lowest BCUT2D eigenvalue weighted by Gasteiger charge is -2.35. The Morgan fingerprint density at radius 3 is 1.27 bits per heavy atom. The van der Waals surface area contributed by atoms with Gasteiger partial charge in [-0.25, -0.2) is 19.2 Å². The maximum Gasteiger partial charge on any atom is 0.329 e. The highest BCUT2D eigenvalue weighted by Crippen LogP contribution is 2.28. The second kappa shape index (κ2) is 26.9. The third-order valence-corrected chi connectivity index (χ3v) is 12.9. The molecular weight excluding hydrogens is 937 g/mol. The van der Waals surface area contributed by atoms with Crippen LogP contribution in [0, 0.1) is 23.7 Å². The molecule has 0 aliphatic carbocycles. The first kappa shape index (κ1) is 59.0. The van der Waals surface area contributed by atoms with Gasteiger partial charge in [0, 0.05) is 52.6 Å². The van der Waals surface area contributed by atoms with E-state index in [9.17, 15) is 38.4 Å². The Hall–Kier alpha value is -6.59.